The molecule has 2 N–H and O–H groups in total. The van der Waals surface area contributed by atoms with Gasteiger partial charge in [0.1, 0.15) is 0 Å². The van der Waals surface area contributed by atoms with Crippen molar-refractivity contribution in [2.75, 3.05) is 23.0 Å². The molecule has 96 valence electrons. The number of nitrogens with two attached hydrogens (primary N) is 1. The van der Waals surface area contributed by atoms with Crippen LogP contribution in [-0.2, 0) is 20.6 Å². The Labute approximate surface area is 109 Å². The fraction of sp³-hybridized carbons (Fsp3) is 0.400. The Morgan fingerprint density at radius 2 is 2.06 bits per heavy atom. The third kappa shape index (κ3) is 4.29. The summed E-state index contributed by atoms with van der Waals surface area (Å²) in [5.74, 6) is -0.0159. The molecule has 7 heteroatoms. The second-order valence-corrected chi connectivity index (χ2v) is 7.92. The Balaban J connectivity index is 2.81. The van der Waals surface area contributed by atoms with Crippen LogP contribution in [-0.4, -0.2) is 29.9 Å². The van der Waals surface area contributed by atoms with Crippen LogP contribution in [0.1, 0.15) is 6.92 Å². The SMILES string of the molecule is CCS(=O)(=O)CCS(=O)c1cc(Cl)ccc1N. The summed E-state index contributed by atoms with van der Waals surface area (Å²) < 4.78 is 34.5. The molecule has 0 radical (unpaired) electrons. The van der Waals surface area contributed by atoms with E-state index in [1.54, 1.807) is 19.1 Å². The fourth-order valence-corrected chi connectivity index (χ4v) is 4.12. The van der Waals surface area contributed by atoms with Crippen molar-refractivity contribution in [3.8, 4) is 0 Å². The van der Waals surface area contributed by atoms with Crippen LogP contribution in [0.3, 0.4) is 0 Å². The van der Waals surface area contributed by atoms with Gasteiger partial charge in [0.15, 0.2) is 9.84 Å². The topological polar surface area (TPSA) is 77.2 Å². The van der Waals surface area contributed by atoms with E-state index in [9.17, 15) is 12.6 Å². The normalized spacial score (nSPS) is 13.5. The van der Waals surface area contributed by atoms with Gasteiger partial charge in [-0.2, -0.15) is 0 Å². The van der Waals surface area contributed by atoms with Crippen molar-refractivity contribution < 1.29 is 12.6 Å². The summed E-state index contributed by atoms with van der Waals surface area (Å²) in [6.07, 6.45) is 0. The van der Waals surface area contributed by atoms with Crippen LogP contribution in [0.2, 0.25) is 5.02 Å². The van der Waals surface area contributed by atoms with Gasteiger partial charge in [0.2, 0.25) is 0 Å². The van der Waals surface area contributed by atoms with Crippen LogP contribution < -0.4 is 5.73 Å². The zero-order valence-electron chi connectivity index (χ0n) is 9.35. The Morgan fingerprint density at radius 3 is 2.65 bits per heavy atom. The molecule has 1 aromatic rings. The van der Waals surface area contributed by atoms with E-state index in [0.717, 1.165) is 0 Å². The minimum Gasteiger partial charge on any atom is -0.398 e. The summed E-state index contributed by atoms with van der Waals surface area (Å²) in [5, 5.41) is 0.431. The molecule has 0 aliphatic heterocycles. The standard InChI is InChI=1S/C10H14ClNO3S2/c1-2-17(14,15)6-5-16(13)10-7-8(11)3-4-9(10)12/h3-4,7H,2,5-6,12H2,1H3. The maximum Gasteiger partial charge on any atom is 0.150 e. The summed E-state index contributed by atoms with van der Waals surface area (Å²) >= 11 is 5.77. The predicted molar refractivity (Wildman–Crippen MR) is 71.5 cm³/mol. The number of rotatable bonds is 5. The van der Waals surface area contributed by atoms with Crippen molar-refractivity contribution in [3.05, 3.63) is 23.2 Å². The highest BCUT2D eigenvalue weighted by Gasteiger charge is 2.13. The van der Waals surface area contributed by atoms with Crippen LogP contribution in [0, 0.1) is 0 Å². The molecule has 0 aliphatic rings. The molecule has 0 saturated heterocycles. The molecule has 17 heavy (non-hydrogen) atoms. The molecule has 0 fully saturated rings. The van der Waals surface area contributed by atoms with Crippen LogP contribution in [0.5, 0.6) is 0 Å². The van der Waals surface area contributed by atoms with Crippen LogP contribution in [0.4, 0.5) is 5.69 Å². The molecular weight excluding hydrogens is 282 g/mol. The van der Waals surface area contributed by atoms with E-state index in [2.05, 4.69) is 0 Å². The second kappa shape index (κ2) is 5.84. The number of halogens is 1. The summed E-state index contributed by atoms with van der Waals surface area (Å²) in [4.78, 5) is 0.392. The lowest BCUT2D eigenvalue weighted by molar-refractivity contribution is 0.598. The summed E-state index contributed by atoms with van der Waals surface area (Å²) in [7, 11) is -4.55. The van der Waals surface area contributed by atoms with Crippen molar-refractivity contribution in [3.63, 3.8) is 0 Å². The van der Waals surface area contributed by atoms with Gasteiger partial charge in [-0.05, 0) is 18.2 Å². The molecule has 0 aromatic heterocycles. The average molecular weight is 296 g/mol. The van der Waals surface area contributed by atoms with E-state index in [1.807, 2.05) is 0 Å². The van der Waals surface area contributed by atoms with E-state index >= 15 is 0 Å². The summed E-state index contributed by atoms with van der Waals surface area (Å²) in [6.45, 7) is 1.56. The first-order chi connectivity index (χ1) is 7.85. The minimum absolute atomic E-state index is 0.0424. The molecule has 0 heterocycles. The third-order valence-corrected chi connectivity index (χ3v) is 5.86. The van der Waals surface area contributed by atoms with Gasteiger partial charge >= 0.3 is 0 Å². The number of sulfone groups is 1. The van der Waals surface area contributed by atoms with Gasteiger partial charge in [0.25, 0.3) is 0 Å². The number of anilines is 1. The van der Waals surface area contributed by atoms with Gasteiger partial charge in [-0.1, -0.05) is 18.5 Å². The van der Waals surface area contributed by atoms with Gasteiger partial charge in [-0.15, -0.1) is 0 Å². The first kappa shape index (κ1) is 14.5. The van der Waals surface area contributed by atoms with E-state index < -0.39 is 20.6 Å². The van der Waals surface area contributed by atoms with Crippen LogP contribution >= 0.6 is 11.6 Å². The Bertz CT molecular complexity index is 528. The zero-order valence-corrected chi connectivity index (χ0v) is 11.7. The maximum absolute atomic E-state index is 11.9. The van der Waals surface area contributed by atoms with Crippen LogP contribution in [0.25, 0.3) is 0 Å². The first-order valence-corrected chi connectivity index (χ1v) is 8.51. The van der Waals surface area contributed by atoms with Gasteiger partial charge < -0.3 is 5.73 Å². The smallest absolute Gasteiger partial charge is 0.150 e. The molecule has 1 unspecified atom stereocenters. The number of benzene rings is 1. The fourth-order valence-electron chi connectivity index (χ4n) is 1.16. The molecule has 1 rings (SSSR count). The lowest BCUT2D eigenvalue weighted by Gasteiger charge is -2.06. The van der Waals surface area contributed by atoms with Crippen molar-refractivity contribution in [2.45, 2.75) is 11.8 Å². The molecule has 0 bridgehead atoms. The summed E-state index contributed by atoms with van der Waals surface area (Å²) in [5.41, 5.74) is 6.02. The van der Waals surface area contributed by atoms with Crippen molar-refractivity contribution >= 4 is 37.9 Å². The Morgan fingerprint density at radius 1 is 1.41 bits per heavy atom. The largest absolute Gasteiger partial charge is 0.398 e. The molecule has 4 nitrogen and oxygen atoms in total. The average Bonchev–Trinajstić information content (AvgIpc) is 2.29. The molecule has 0 spiro atoms. The predicted octanol–water partition coefficient (Wildman–Crippen LogP) is 1.46. The summed E-state index contributed by atoms with van der Waals surface area (Å²) in [6, 6.07) is 4.66. The first-order valence-electron chi connectivity index (χ1n) is 4.99. The highest BCUT2D eigenvalue weighted by molar-refractivity contribution is 7.93. The van der Waals surface area contributed by atoms with Crippen molar-refractivity contribution in [1.82, 2.24) is 0 Å². The monoisotopic (exact) mass is 295 g/mol. The number of hydrogen-bond acceptors (Lipinski definition) is 4. The second-order valence-electron chi connectivity index (χ2n) is 3.47. The van der Waals surface area contributed by atoms with E-state index in [4.69, 9.17) is 17.3 Å². The zero-order chi connectivity index (χ0) is 13.1. The quantitative estimate of drug-likeness (QED) is 0.834. The van der Waals surface area contributed by atoms with E-state index in [1.165, 1.54) is 6.07 Å². The van der Waals surface area contributed by atoms with Crippen molar-refractivity contribution in [1.29, 1.82) is 0 Å². The lowest BCUT2D eigenvalue weighted by atomic mass is 10.3. The van der Waals surface area contributed by atoms with Gasteiger partial charge in [-0.25, -0.2) is 8.42 Å². The lowest BCUT2D eigenvalue weighted by Crippen LogP contribution is -2.15. The maximum atomic E-state index is 11.9. The highest BCUT2D eigenvalue weighted by atomic mass is 35.5. The minimum atomic E-state index is -3.11. The Hall–Kier alpha value is -0.590. The Kier molecular flexibility index (Phi) is 4.97. The number of hydrogen-bond donors (Lipinski definition) is 1. The molecule has 0 saturated carbocycles. The molecule has 1 aromatic carbocycles. The van der Waals surface area contributed by atoms with Crippen LogP contribution in [0.15, 0.2) is 23.1 Å². The molecule has 0 aliphatic carbocycles. The van der Waals surface area contributed by atoms with Gasteiger partial charge in [-0.3, -0.25) is 4.21 Å². The van der Waals surface area contributed by atoms with Crippen molar-refractivity contribution in [2.24, 2.45) is 0 Å². The number of nitrogen functional groups attached to an aromatic ring is 1. The van der Waals surface area contributed by atoms with Gasteiger partial charge in [0.05, 0.1) is 21.4 Å². The highest BCUT2D eigenvalue weighted by Crippen LogP contribution is 2.21. The molecule has 1 atom stereocenters. The van der Waals surface area contributed by atoms with Gasteiger partial charge in [0, 0.05) is 22.2 Å². The third-order valence-electron chi connectivity index (χ3n) is 2.24. The molecule has 0 amide bonds. The van der Waals surface area contributed by atoms with E-state index in [-0.39, 0.29) is 17.3 Å². The van der Waals surface area contributed by atoms with E-state index in [0.29, 0.717) is 15.6 Å². The molecular formula is C10H14ClNO3S2.